The highest BCUT2D eigenvalue weighted by atomic mass is 32.2. The van der Waals surface area contributed by atoms with Gasteiger partial charge >= 0.3 is 5.97 Å². The van der Waals surface area contributed by atoms with Crippen molar-refractivity contribution in [3.63, 3.8) is 0 Å². The molecule has 2 saturated carbocycles. The zero-order chi connectivity index (χ0) is 15.4. The average molecular weight is 317 g/mol. The van der Waals surface area contributed by atoms with E-state index in [2.05, 4.69) is 4.72 Å². The van der Waals surface area contributed by atoms with Gasteiger partial charge in [0.2, 0.25) is 10.0 Å². The summed E-state index contributed by atoms with van der Waals surface area (Å²) in [4.78, 5) is 11.9. The van der Waals surface area contributed by atoms with E-state index in [1.807, 2.05) is 20.8 Å². The van der Waals surface area contributed by atoms with Crippen LogP contribution in [-0.4, -0.2) is 38.6 Å². The molecule has 0 spiro atoms. The van der Waals surface area contributed by atoms with Crippen LogP contribution in [0.1, 0.15) is 40.0 Å². The van der Waals surface area contributed by atoms with Crippen molar-refractivity contribution < 1.29 is 22.7 Å². The summed E-state index contributed by atoms with van der Waals surface area (Å²) in [5, 5.41) is -0.242. The van der Waals surface area contributed by atoms with E-state index in [0.717, 1.165) is 6.42 Å². The van der Waals surface area contributed by atoms with Crippen molar-refractivity contribution >= 4 is 16.0 Å². The summed E-state index contributed by atoms with van der Waals surface area (Å²) < 4.78 is 37.5. The van der Waals surface area contributed by atoms with Crippen LogP contribution in [0.2, 0.25) is 0 Å². The van der Waals surface area contributed by atoms with Crippen molar-refractivity contribution in [3.8, 4) is 0 Å². The normalized spacial score (nSPS) is 39.7. The summed E-state index contributed by atoms with van der Waals surface area (Å²) in [6, 6.07) is -0.142. The maximum atomic E-state index is 11.9. The SMILES string of the molecule is CCC(C)(C)C(=O)OCOC1C2CC3C1NS(=O)(=O)C3C2. The Bertz CT molecular complexity index is 544. The van der Waals surface area contributed by atoms with Crippen molar-refractivity contribution in [2.45, 2.75) is 57.4 Å². The number of nitrogens with one attached hydrogen (secondary N) is 1. The lowest BCUT2D eigenvalue weighted by Crippen LogP contribution is -2.41. The Hall–Kier alpha value is -0.660. The minimum absolute atomic E-state index is 0.0982. The molecule has 1 N–H and O–H groups in total. The first-order chi connectivity index (χ1) is 9.76. The van der Waals surface area contributed by atoms with E-state index in [1.165, 1.54) is 0 Å². The van der Waals surface area contributed by atoms with Crippen LogP contribution in [0.3, 0.4) is 0 Å². The number of sulfonamides is 1. The number of ether oxygens (including phenoxy) is 2. The zero-order valence-corrected chi connectivity index (χ0v) is 13.5. The molecule has 2 bridgehead atoms. The van der Waals surface area contributed by atoms with E-state index in [-0.39, 0.29) is 42.0 Å². The third kappa shape index (κ3) is 2.39. The molecule has 0 aromatic heterocycles. The largest absolute Gasteiger partial charge is 0.438 e. The molecule has 0 radical (unpaired) electrons. The summed E-state index contributed by atoms with van der Waals surface area (Å²) in [6.45, 7) is 5.51. The number of esters is 1. The Morgan fingerprint density at radius 1 is 1.33 bits per heavy atom. The van der Waals surface area contributed by atoms with E-state index in [0.29, 0.717) is 12.8 Å². The first-order valence-electron chi connectivity index (χ1n) is 7.56. The van der Waals surface area contributed by atoms with Crippen LogP contribution in [0.4, 0.5) is 0 Å². The van der Waals surface area contributed by atoms with Crippen LogP contribution in [0.15, 0.2) is 0 Å². The molecule has 1 aliphatic heterocycles. The lowest BCUT2D eigenvalue weighted by molar-refractivity contribution is -0.174. The summed E-state index contributed by atoms with van der Waals surface area (Å²) in [6.07, 6.45) is 2.08. The van der Waals surface area contributed by atoms with Gasteiger partial charge in [-0.25, -0.2) is 13.1 Å². The molecule has 0 aromatic rings. The smallest absolute Gasteiger partial charge is 0.313 e. The second-order valence-corrected chi connectivity index (χ2v) is 8.97. The summed E-state index contributed by atoms with van der Waals surface area (Å²) in [5.74, 6) is 0.137. The fraction of sp³-hybridized carbons (Fsp3) is 0.929. The molecule has 1 heterocycles. The van der Waals surface area contributed by atoms with Crippen LogP contribution in [0, 0.1) is 17.3 Å². The highest BCUT2D eigenvalue weighted by Crippen LogP contribution is 2.52. The van der Waals surface area contributed by atoms with Gasteiger partial charge in [-0.1, -0.05) is 6.92 Å². The highest BCUT2D eigenvalue weighted by molar-refractivity contribution is 7.90. The number of hydrogen-bond donors (Lipinski definition) is 1. The third-order valence-electron chi connectivity index (χ3n) is 5.45. The van der Waals surface area contributed by atoms with Crippen molar-refractivity contribution in [3.05, 3.63) is 0 Å². The topological polar surface area (TPSA) is 81.7 Å². The molecule has 6 nitrogen and oxygen atoms in total. The van der Waals surface area contributed by atoms with Crippen LogP contribution >= 0.6 is 0 Å². The van der Waals surface area contributed by atoms with E-state index in [1.54, 1.807) is 0 Å². The molecular formula is C14H23NO5S. The zero-order valence-electron chi connectivity index (χ0n) is 12.7. The molecule has 0 amide bonds. The second-order valence-electron chi connectivity index (χ2n) is 7.04. The number of rotatable bonds is 5. The van der Waals surface area contributed by atoms with Gasteiger partial charge in [0.05, 0.1) is 22.8 Å². The van der Waals surface area contributed by atoms with Crippen molar-refractivity contribution in [2.75, 3.05) is 6.79 Å². The predicted octanol–water partition coefficient (Wildman–Crippen LogP) is 1.02. The number of hydrogen-bond acceptors (Lipinski definition) is 5. The molecule has 21 heavy (non-hydrogen) atoms. The predicted molar refractivity (Wildman–Crippen MR) is 75.7 cm³/mol. The monoisotopic (exact) mass is 317 g/mol. The van der Waals surface area contributed by atoms with Gasteiger partial charge in [0, 0.05) is 0 Å². The molecule has 5 atom stereocenters. The fourth-order valence-corrected chi connectivity index (χ4v) is 5.89. The Labute approximate surface area is 125 Å². The molecule has 3 fully saturated rings. The van der Waals surface area contributed by atoms with Crippen LogP contribution in [0.5, 0.6) is 0 Å². The number of fused-ring (bicyclic) bond motifs is 1. The highest BCUT2D eigenvalue weighted by Gasteiger charge is 2.63. The summed E-state index contributed by atoms with van der Waals surface area (Å²) >= 11 is 0. The molecule has 1 saturated heterocycles. The fourth-order valence-electron chi connectivity index (χ4n) is 3.79. The maximum Gasteiger partial charge on any atom is 0.313 e. The van der Waals surface area contributed by atoms with E-state index in [4.69, 9.17) is 9.47 Å². The molecule has 3 rings (SSSR count). The second kappa shape index (κ2) is 4.93. The lowest BCUT2D eigenvalue weighted by atomic mass is 9.91. The Kier molecular flexibility index (Phi) is 3.58. The Morgan fingerprint density at radius 3 is 2.71 bits per heavy atom. The van der Waals surface area contributed by atoms with Gasteiger partial charge in [0.15, 0.2) is 6.79 Å². The van der Waals surface area contributed by atoms with Crippen molar-refractivity contribution in [2.24, 2.45) is 17.3 Å². The van der Waals surface area contributed by atoms with Crippen molar-refractivity contribution in [1.82, 2.24) is 4.72 Å². The van der Waals surface area contributed by atoms with E-state index in [9.17, 15) is 13.2 Å². The van der Waals surface area contributed by atoms with Gasteiger partial charge in [-0.05, 0) is 44.9 Å². The van der Waals surface area contributed by atoms with Crippen LogP contribution in [0.25, 0.3) is 0 Å². The van der Waals surface area contributed by atoms with Gasteiger partial charge in [0.25, 0.3) is 0 Å². The number of carbonyl (C=O) groups is 1. The maximum absolute atomic E-state index is 11.9. The summed E-state index contributed by atoms with van der Waals surface area (Å²) in [5.41, 5.74) is -0.516. The van der Waals surface area contributed by atoms with Crippen LogP contribution in [-0.2, 0) is 24.3 Å². The molecule has 7 heteroatoms. The molecule has 3 aliphatic rings. The molecule has 0 aromatic carbocycles. The first-order valence-corrected chi connectivity index (χ1v) is 9.11. The van der Waals surface area contributed by atoms with Gasteiger partial charge in [-0.3, -0.25) is 4.79 Å². The Balaban J connectivity index is 1.56. The van der Waals surface area contributed by atoms with Gasteiger partial charge in [-0.2, -0.15) is 0 Å². The molecule has 5 unspecified atom stereocenters. The minimum atomic E-state index is -3.17. The summed E-state index contributed by atoms with van der Waals surface area (Å²) in [7, 11) is -3.17. The first kappa shape index (κ1) is 15.2. The van der Waals surface area contributed by atoms with Crippen LogP contribution < -0.4 is 4.72 Å². The quantitative estimate of drug-likeness (QED) is 0.605. The van der Waals surface area contributed by atoms with E-state index >= 15 is 0 Å². The standard InChI is InChI=1S/C14H23NO5S/c1-4-14(2,3)13(16)20-7-19-12-8-5-9-10(6-8)21(17,18)15-11(9)12/h8-12,15H,4-7H2,1-3H3. The van der Waals surface area contributed by atoms with Gasteiger partial charge in [-0.15, -0.1) is 0 Å². The van der Waals surface area contributed by atoms with E-state index < -0.39 is 15.4 Å². The molecular weight excluding hydrogens is 294 g/mol. The lowest BCUT2D eigenvalue weighted by Gasteiger charge is -2.27. The van der Waals surface area contributed by atoms with Crippen molar-refractivity contribution in [1.29, 1.82) is 0 Å². The van der Waals surface area contributed by atoms with Gasteiger partial charge in [0.1, 0.15) is 0 Å². The molecule has 120 valence electrons. The molecule has 2 aliphatic carbocycles. The number of carbonyl (C=O) groups excluding carboxylic acids is 1. The Morgan fingerprint density at radius 2 is 2.05 bits per heavy atom. The van der Waals surface area contributed by atoms with Gasteiger partial charge < -0.3 is 9.47 Å². The minimum Gasteiger partial charge on any atom is -0.438 e. The third-order valence-corrected chi connectivity index (χ3v) is 7.39. The average Bonchev–Trinajstić information content (AvgIpc) is 3.02.